The Morgan fingerprint density at radius 2 is 2.22 bits per heavy atom. The summed E-state index contributed by atoms with van der Waals surface area (Å²) in [5.41, 5.74) is 1.92. The number of aryl methyl sites for hydroxylation is 1. The Bertz CT molecular complexity index is 442. The average molecular weight is 247 g/mol. The maximum Gasteiger partial charge on any atom is 0.136 e. The fraction of sp³-hybridized carbons (Fsp3) is 0.600. The Morgan fingerprint density at radius 3 is 2.94 bits per heavy atom. The van der Waals surface area contributed by atoms with Gasteiger partial charge < -0.3 is 4.74 Å². The van der Waals surface area contributed by atoms with E-state index in [1.165, 1.54) is 0 Å². The molecule has 1 aromatic heterocycles. The monoisotopic (exact) mass is 247 g/mol. The van der Waals surface area contributed by atoms with E-state index >= 15 is 0 Å². The largest absolute Gasteiger partial charge is 0.497 e. The third-order valence-corrected chi connectivity index (χ3v) is 3.70. The predicted octanol–water partition coefficient (Wildman–Crippen LogP) is 2.95. The van der Waals surface area contributed by atoms with Crippen LogP contribution in [0.2, 0.25) is 0 Å². The summed E-state index contributed by atoms with van der Waals surface area (Å²) >= 11 is 0. The van der Waals surface area contributed by atoms with Gasteiger partial charge in [-0.25, -0.2) is 0 Å². The van der Waals surface area contributed by atoms with Crippen molar-refractivity contribution in [3.8, 4) is 5.75 Å². The van der Waals surface area contributed by atoms with Crippen molar-refractivity contribution in [2.45, 2.75) is 39.5 Å². The minimum atomic E-state index is 0.146. The number of rotatable bonds is 3. The second-order valence-corrected chi connectivity index (χ2v) is 5.39. The lowest BCUT2D eigenvalue weighted by atomic mass is 9.79. The van der Waals surface area contributed by atoms with Crippen molar-refractivity contribution in [3.05, 3.63) is 23.5 Å². The smallest absolute Gasteiger partial charge is 0.136 e. The first-order chi connectivity index (χ1) is 8.58. The van der Waals surface area contributed by atoms with Crippen molar-refractivity contribution in [3.63, 3.8) is 0 Å². The molecule has 0 aliphatic heterocycles. The predicted molar refractivity (Wildman–Crippen MR) is 70.7 cm³/mol. The molecule has 2 rings (SSSR count). The molecule has 2 atom stereocenters. The van der Waals surface area contributed by atoms with Gasteiger partial charge in [0, 0.05) is 35.9 Å². The summed E-state index contributed by atoms with van der Waals surface area (Å²) < 4.78 is 5.25. The fourth-order valence-corrected chi connectivity index (χ4v) is 2.70. The van der Waals surface area contributed by atoms with E-state index in [0.717, 1.165) is 42.8 Å². The molecule has 0 bridgehead atoms. The number of ether oxygens (including phenoxy) is 1. The highest BCUT2D eigenvalue weighted by Crippen LogP contribution is 2.29. The minimum absolute atomic E-state index is 0.146. The summed E-state index contributed by atoms with van der Waals surface area (Å²) in [5, 5.41) is 0. The third-order valence-electron chi connectivity index (χ3n) is 3.70. The van der Waals surface area contributed by atoms with Gasteiger partial charge in [-0.2, -0.15) is 0 Å². The van der Waals surface area contributed by atoms with E-state index < -0.39 is 0 Å². The topological polar surface area (TPSA) is 39.2 Å². The molecule has 0 radical (unpaired) electrons. The molecule has 3 heteroatoms. The number of Topliss-reactive ketones (excluding diaryl/α,β-unsaturated/α-hetero) is 1. The average Bonchev–Trinajstić information content (AvgIpc) is 2.33. The zero-order valence-corrected chi connectivity index (χ0v) is 11.4. The Labute approximate surface area is 109 Å². The number of carbonyl (C=O) groups excluding carboxylic acids is 1. The number of carbonyl (C=O) groups is 1. The summed E-state index contributed by atoms with van der Waals surface area (Å²) in [4.78, 5) is 16.4. The number of methoxy groups -OCH3 is 1. The number of aromatic nitrogens is 1. The molecule has 98 valence electrons. The molecule has 18 heavy (non-hydrogen) atoms. The van der Waals surface area contributed by atoms with E-state index in [1.54, 1.807) is 7.11 Å². The van der Waals surface area contributed by atoms with Crippen LogP contribution in [0.15, 0.2) is 12.1 Å². The summed E-state index contributed by atoms with van der Waals surface area (Å²) in [6.07, 6.45) is 3.52. The molecule has 1 aliphatic rings. The van der Waals surface area contributed by atoms with Crippen molar-refractivity contribution >= 4 is 5.78 Å². The molecule has 1 aromatic rings. The lowest BCUT2D eigenvalue weighted by Gasteiger charge is -2.25. The van der Waals surface area contributed by atoms with Crippen molar-refractivity contribution < 1.29 is 9.53 Å². The molecule has 1 saturated carbocycles. The van der Waals surface area contributed by atoms with Crippen LogP contribution in [-0.4, -0.2) is 17.9 Å². The lowest BCUT2D eigenvalue weighted by Crippen LogP contribution is -2.25. The van der Waals surface area contributed by atoms with Gasteiger partial charge in [0.25, 0.3) is 0 Å². The van der Waals surface area contributed by atoms with Gasteiger partial charge in [0.15, 0.2) is 0 Å². The van der Waals surface area contributed by atoms with Crippen molar-refractivity contribution in [1.82, 2.24) is 4.98 Å². The number of nitrogens with zero attached hydrogens (tertiary/aromatic N) is 1. The highest BCUT2D eigenvalue weighted by Gasteiger charge is 2.26. The maximum atomic E-state index is 11.9. The van der Waals surface area contributed by atoms with E-state index in [-0.39, 0.29) is 5.92 Å². The number of pyridine rings is 1. The Kier molecular flexibility index (Phi) is 4.00. The summed E-state index contributed by atoms with van der Waals surface area (Å²) in [5.74, 6) is 2.02. The van der Waals surface area contributed by atoms with Crippen molar-refractivity contribution in [2.24, 2.45) is 11.8 Å². The van der Waals surface area contributed by atoms with E-state index in [1.807, 2.05) is 19.1 Å². The van der Waals surface area contributed by atoms with Crippen LogP contribution in [-0.2, 0) is 11.2 Å². The molecule has 0 spiro atoms. The summed E-state index contributed by atoms with van der Waals surface area (Å²) in [7, 11) is 1.66. The molecule has 2 unspecified atom stereocenters. The quantitative estimate of drug-likeness (QED) is 0.824. The minimum Gasteiger partial charge on any atom is -0.497 e. The van der Waals surface area contributed by atoms with Crippen LogP contribution >= 0.6 is 0 Å². The van der Waals surface area contributed by atoms with E-state index in [2.05, 4.69) is 11.9 Å². The van der Waals surface area contributed by atoms with Gasteiger partial charge in [0.2, 0.25) is 0 Å². The molecule has 0 amide bonds. The Hall–Kier alpha value is -1.38. The van der Waals surface area contributed by atoms with Gasteiger partial charge in [-0.3, -0.25) is 9.78 Å². The molecule has 0 N–H and O–H groups in total. The highest BCUT2D eigenvalue weighted by atomic mass is 16.5. The highest BCUT2D eigenvalue weighted by molar-refractivity contribution is 5.81. The van der Waals surface area contributed by atoms with Crippen LogP contribution in [0, 0.1) is 18.8 Å². The van der Waals surface area contributed by atoms with Crippen LogP contribution in [0.1, 0.15) is 37.6 Å². The zero-order chi connectivity index (χ0) is 13.1. The van der Waals surface area contributed by atoms with Crippen LogP contribution in [0.3, 0.4) is 0 Å². The first-order valence-corrected chi connectivity index (χ1v) is 6.62. The van der Waals surface area contributed by atoms with Crippen LogP contribution in [0.5, 0.6) is 5.75 Å². The Balaban J connectivity index is 2.12. The van der Waals surface area contributed by atoms with Crippen LogP contribution in [0.25, 0.3) is 0 Å². The second-order valence-electron chi connectivity index (χ2n) is 5.39. The van der Waals surface area contributed by atoms with Gasteiger partial charge in [-0.05, 0) is 32.1 Å². The molecule has 0 saturated heterocycles. The first kappa shape index (κ1) is 13.1. The number of hydrogen-bond donors (Lipinski definition) is 0. The van der Waals surface area contributed by atoms with Gasteiger partial charge in [-0.15, -0.1) is 0 Å². The van der Waals surface area contributed by atoms with Gasteiger partial charge >= 0.3 is 0 Å². The van der Waals surface area contributed by atoms with Crippen LogP contribution < -0.4 is 4.74 Å². The molecular weight excluding hydrogens is 226 g/mol. The second kappa shape index (κ2) is 5.51. The number of hydrogen-bond acceptors (Lipinski definition) is 3. The van der Waals surface area contributed by atoms with E-state index in [4.69, 9.17) is 4.74 Å². The SMILES string of the molecule is COc1cc(C)nc(CC2CC(C)CCC2=O)c1. The van der Waals surface area contributed by atoms with E-state index in [0.29, 0.717) is 11.7 Å². The normalized spacial score (nSPS) is 24.1. The summed E-state index contributed by atoms with van der Waals surface area (Å²) in [6, 6.07) is 3.86. The van der Waals surface area contributed by atoms with Gasteiger partial charge in [0.1, 0.15) is 11.5 Å². The third kappa shape index (κ3) is 3.09. The maximum absolute atomic E-state index is 11.9. The number of ketones is 1. The van der Waals surface area contributed by atoms with E-state index in [9.17, 15) is 4.79 Å². The fourth-order valence-electron chi connectivity index (χ4n) is 2.70. The van der Waals surface area contributed by atoms with Crippen LogP contribution in [0.4, 0.5) is 0 Å². The first-order valence-electron chi connectivity index (χ1n) is 6.62. The van der Waals surface area contributed by atoms with Crippen molar-refractivity contribution in [1.29, 1.82) is 0 Å². The molecule has 3 nitrogen and oxygen atoms in total. The lowest BCUT2D eigenvalue weighted by molar-refractivity contribution is -0.125. The van der Waals surface area contributed by atoms with Gasteiger partial charge in [-0.1, -0.05) is 6.92 Å². The van der Waals surface area contributed by atoms with Crippen molar-refractivity contribution in [2.75, 3.05) is 7.11 Å². The zero-order valence-electron chi connectivity index (χ0n) is 11.4. The molecule has 1 aliphatic carbocycles. The molecule has 1 fully saturated rings. The molecule has 0 aromatic carbocycles. The standard InChI is InChI=1S/C15H21NO2/c1-10-4-5-15(17)12(6-10)8-13-9-14(18-3)7-11(2)16-13/h7,9-10,12H,4-6,8H2,1-3H3. The summed E-state index contributed by atoms with van der Waals surface area (Å²) in [6.45, 7) is 4.18. The molecular formula is C15H21NO2. The molecule has 1 heterocycles. The Morgan fingerprint density at radius 1 is 1.44 bits per heavy atom. The van der Waals surface area contributed by atoms with Gasteiger partial charge in [0.05, 0.1) is 7.11 Å².